The number of pyridine rings is 1. The molecule has 0 saturated heterocycles. The summed E-state index contributed by atoms with van der Waals surface area (Å²) >= 11 is 0. The van der Waals surface area contributed by atoms with Gasteiger partial charge in [-0.1, -0.05) is 6.07 Å². The molecule has 1 aromatic heterocycles. The monoisotopic (exact) mass is 446 g/mol. The summed E-state index contributed by atoms with van der Waals surface area (Å²) in [6.45, 7) is 6.10. The summed E-state index contributed by atoms with van der Waals surface area (Å²) in [5.41, 5.74) is 9.06. The van der Waals surface area contributed by atoms with Crippen molar-refractivity contribution in [2.45, 2.75) is 39.7 Å². The molecule has 4 rings (SSSR count). The van der Waals surface area contributed by atoms with Crippen molar-refractivity contribution in [3.8, 4) is 23.1 Å². The molecule has 2 N–H and O–H groups in total. The smallest absolute Gasteiger partial charge is 0.248 e. The fourth-order valence-electron chi connectivity index (χ4n) is 3.74. The average Bonchev–Trinajstić information content (AvgIpc) is 2.77. The molecular formula is C26H26N2O5. The van der Waals surface area contributed by atoms with Crippen molar-refractivity contribution in [1.29, 1.82) is 0 Å². The minimum Gasteiger partial charge on any atom is -0.492 e. The van der Waals surface area contributed by atoms with E-state index in [4.69, 9.17) is 19.9 Å². The lowest BCUT2D eigenvalue weighted by Crippen LogP contribution is -2.16. The molecule has 0 unspecified atom stereocenters. The van der Waals surface area contributed by atoms with Crippen LogP contribution in [0.5, 0.6) is 23.1 Å². The molecule has 1 amide bonds. The van der Waals surface area contributed by atoms with E-state index in [1.165, 1.54) is 0 Å². The predicted octanol–water partition coefficient (Wildman–Crippen LogP) is 4.62. The number of primary amides is 1. The molecule has 170 valence electrons. The largest absolute Gasteiger partial charge is 0.492 e. The quantitative estimate of drug-likeness (QED) is 0.568. The molecule has 2 aromatic carbocycles. The fraction of sp³-hybridized carbons (Fsp3) is 0.269. The molecule has 1 aliphatic rings. The SMILES string of the molecule is Cc1c(Oc2cc(Cc3ccc(C(N)=O)cc3OC(C)C)ccn2)ccc2c1OCCC2=O. The van der Waals surface area contributed by atoms with Crippen LogP contribution < -0.4 is 19.9 Å². The maximum Gasteiger partial charge on any atom is 0.248 e. The van der Waals surface area contributed by atoms with Crippen molar-refractivity contribution in [3.63, 3.8) is 0 Å². The standard InChI is InChI=1S/C26H26N2O5/c1-15(2)32-23-14-19(26(27)30)5-4-18(23)12-17-8-10-28-24(13-17)33-22-7-6-20-21(29)9-11-31-25(20)16(22)3/h4-8,10,13-15H,9,11-12H2,1-3H3,(H2,27,30). The zero-order chi connectivity index (χ0) is 23.5. The Bertz CT molecular complexity index is 1220. The topological polar surface area (TPSA) is 101 Å². The minimum atomic E-state index is -0.499. The van der Waals surface area contributed by atoms with Crippen LogP contribution in [0.4, 0.5) is 0 Å². The van der Waals surface area contributed by atoms with Crippen LogP contribution in [0.1, 0.15) is 57.7 Å². The van der Waals surface area contributed by atoms with Crippen molar-refractivity contribution in [1.82, 2.24) is 4.98 Å². The number of rotatable bonds is 7. The molecule has 0 fully saturated rings. The summed E-state index contributed by atoms with van der Waals surface area (Å²) in [6.07, 6.45) is 2.57. The van der Waals surface area contributed by atoms with Crippen molar-refractivity contribution in [2.24, 2.45) is 5.73 Å². The third-order valence-electron chi connectivity index (χ3n) is 5.35. The number of fused-ring (bicyclic) bond motifs is 1. The van der Waals surface area contributed by atoms with Gasteiger partial charge in [-0.3, -0.25) is 9.59 Å². The Balaban J connectivity index is 1.58. The van der Waals surface area contributed by atoms with Gasteiger partial charge in [0.25, 0.3) is 0 Å². The maximum absolute atomic E-state index is 12.1. The summed E-state index contributed by atoms with van der Waals surface area (Å²) in [5, 5.41) is 0. The van der Waals surface area contributed by atoms with Gasteiger partial charge in [0.05, 0.1) is 18.3 Å². The Labute approximate surface area is 192 Å². The van der Waals surface area contributed by atoms with Gasteiger partial charge in [-0.15, -0.1) is 0 Å². The van der Waals surface area contributed by atoms with E-state index in [1.54, 1.807) is 30.5 Å². The lowest BCUT2D eigenvalue weighted by Gasteiger charge is -2.20. The van der Waals surface area contributed by atoms with Crippen LogP contribution >= 0.6 is 0 Å². The predicted molar refractivity (Wildman–Crippen MR) is 123 cm³/mol. The van der Waals surface area contributed by atoms with Crippen LogP contribution in [0, 0.1) is 6.92 Å². The van der Waals surface area contributed by atoms with Crippen LogP contribution in [-0.2, 0) is 6.42 Å². The highest BCUT2D eigenvalue weighted by Gasteiger charge is 2.22. The molecule has 0 bridgehead atoms. The number of carbonyl (C=O) groups excluding carboxylic acids is 2. The summed E-state index contributed by atoms with van der Waals surface area (Å²) in [4.78, 5) is 28.0. The van der Waals surface area contributed by atoms with Gasteiger partial charge >= 0.3 is 0 Å². The van der Waals surface area contributed by atoms with Crippen LogP contribution in [0.25, 0.3) is 0 Å². The molecule has 7 nitrogen and oxygen atoms in total. The Morgan fingerprint density at radius 3 is 2.73 bits per heavy atom. The first-order valence-electron chi connectivity index (χ1n) is 10.8. The molecule has 3 aromatic rings. The van der Waals surface area contributed by atoms with Gasteiger partial charge in [-0.05, 0) is 62.2 Å². The lowest BCUT2D eigenvalue weighted by atomic mass is 10.0. The van der Waals surface area contributed by atoms with Gasteiger partial charge in [-0.2, -0.15) is 0 Å². The van der Waals surface area contributed by atoms with Crippen LogP contribution in [0.2, 0.25) is 0 Å². The highest BCUT2D eigenvalue weighted by atomic mass is 16.5. The fourth-order valence-corrected chi connectivity index (χ4v) is 3.74. The number of carbonyl (C=O) groups is 2. The molecule has 0 spiro atoms. The zero-order valence-electron chi connectivity index (χ0n) is 18.9. The third kappa shape index (κ3) is 4.98. The molecule has 2 heterocycles. The number of nitrogens with zero attached hydrogens (tertiary/aromatic N) is 1. The lowest BCUT2D eigenvalue weighted by molar-refractivity contribution is 0.0931. The number of benzene rings is 2. The molecule has 0 aliphatic carbocycles. The van der Waals surface area contributed by atoms with E-state index in [0.717, 1.165) is 16.7 Å². The third-order valence-corrected chi connectivity index (χ3v) is 5.35. The first-order valence-corrected chi connectivity index (χ1v) is 10.8. The summed E-state index contributed by atoms with van der Waals surface area (Å²) < 4.78 is 17.7. The summed E-state index contributed by atoms with van der Waals surface area (Å²) in [5.74, 6) is 1.78. The Hall–Kier alpha value is -3.87. The Morgan fingerprint density at radius 1 is 1.15 bits per heavy atom. The van der Waals surface area contributed by atoms with E-state index in [9.17, 15) is 9.59 Å². The molecule has 0 saturated carbocycles. The van der Waals surface area contributed by atoms with Gasteiger partial charge < -0.3 is 19.9 Å². The van der Waals surface area contributed by atoms with E-state index in [0.29, 0.717) is 53.7 Å². The Kier molecular flexibility index (Phi) is 6.31. The zero-order valence-corrected chi connectivity index (χ0v) is 18.9. The normalized spacial score (nSPS) is 12.8. The molecule has 7 heteroatoms. The van der Waals surface area contributed by atoms with Crippen molar-refractivity contribution < 1.29 is 23.8 Å². The van der Waals surface area contributed by atoms with E-state index in [1.807, 2.05) is 39.0 Å². The minimum absolute atomic E-state index is 0.0516. The number of Topliss-reactive ketones (excluding diaryl/α,β-unsaturated/α-hetero) is 1. The van der Waals surface area contributed by atoms with E-state index in [2.05, 4.69) is 4.98 Å². The van der Waals surface area contributed by atoms with Crippen LogP contribution in [0.15, 0.2) is 48.7 Å². The summed E-state index contributed by atoms with van der Waals surface area (Å²) in [6, 6.07) is 12.5. The highest BCUT2D eigenvalue weighted by Crippen LogP contribution is 2.36. The number of aromatic nitrogens is 1. The van der Waals surface area contributed by atoms with Crippen molar-refractivity contribution >= 4 is 11.7 Å². The number of hydrogen-bond acceptors (Lipinski definition) is 6. The maximum atomic E-state index is 12.1. The summed E-state index contributed by atoms with van der Waals surface area (Å²) in [7, 11) is 0. The molecular weight excluding hydrogens is 420 g/mol. The second kappa shape index (κ2) is 9.32. The van der Waals surface area contributed by atoms with E-state index in [-0.39, 0.29) is 11.9 Å². The van der Waals surface area contributed by atoms with Gasteiger partial charge in [0.15, 0.2) is 5.78 Å². The van der Waals surface area contributed by atoms with E-state index >= 15 is 0 Å². The highest BCUT2D eigenvalue weighted by molar-refractivity contribution is 6.00. The first kappa shape index (κ1) is 22.3. The number of nitrogens with two attached hydrogens (primary N) is 1. The Morgan fingerprint density at radius 2 is 1.97 bits per heavy atom. The number of amides is 1. The average molecular weight is 447 g/mol. The van der Waals surface area contributed by atoms with Gasteiger partial charge in [0.2, 0.25) is 11.8 Å². The first-order chi connectivity index (χ1) is 15.8. The van der Waals surface area contributed by atoms with Crippen molar-refractivity contribution in [2.75, 3.05) is 6.61 Å². The van der Waals surface area contributed by atoms with Gasteiger partial charge in [-0.25, -0.2) is 4.98 Å². The molecule has 1 aliphatic heterocycles. The number of ketones is 1. The second-order valence-electron chi connectivity index (χ2n) is 8.22. The number of ether oxygens (including phenoxy) is 3. The van der Waals surface area contributed by atoms with Gasteiger partial charge in [0, 0.05) is 36.2 Å². The van der Waals surface area contributed by atoms with Crippen molar-refractivity contribution in [3.05, 3.63) is 76.5 Å². The van der Waals surface area contributed by atoms with Crippen LogP contribution in [-0.4, -0.2) is 29.4 Å². The number of hydrogen-bond donors (Lipinski definition) is 1. The second-order valence-corrected chi connectivity index (χ2v) is 8.22. The van der Waals surface area contributed by atoms with Gasteiger partial charge in [0.1, 0.15) is 17.2 Å². The molecule has 0 radical (unpaired) electrons. The molecule has 0 atom stereocenters. The van der Waals surface area contributed by atoms with E-state index < -0.39 is 5.91 Å². The molecule has 33 heavy (non-hydrogen) atoms. The van der Waals surface area contributed by atoms with Crippen LogP contribution in [0.3, 0.4) is 0 Å².